The van der Waals surface area contributed by atoms with E-state index >= 15 is 0 Å². The summed E-state index contributed by atoms with van der Waals surface area (Å²) >= 11 is 0. The van der Waals surface area contributed by atoms with E-state index in [4.69, 9.17) is 14.2 Å². The molecule has 1 aliphatic heterocycles. The van der Waals surface area contributed by atoms with Crippen molar-refractivity contribution in [3.63, 3.8) is 0 Å². The van der Waals surface area contributed by atoms with Crippen LogP contribution in [0.2, 0.25) is 0 Å². The summed E-state index contributed by atoms with van der Waals surface area (Å²) in [6.45, 7) is 6.26. The Morgan fingerprint density at radius 3 is 2.88 bits per heavy atom. The van der Waals surface area contributed by atoms with Crippen LogP contribution >= 0.6 is 0 Å². The molecule has 1 fully saturated rings. The van der Waals surface area contributed by atoms with Gasteiger partial charge in [0, 0.05) is 18.6 Å². The molecule has 1 aliphatic rings. The molecule has 0 radical (unpaired) electrons. The van der Waals surface area contributed by atoms with Crippen LogP contribution in [-0.4, -0.2) is 38.5 Å². The van der Waals surface area contributed by atoms with Crippen LogP contribution in [0, 0.1) is 0 Å². The fraction of sp³-hybridized carbons (Fsp3) is 0.750. The number of allylic oxidation sites excluding steroid dienone is 1. The van der Waals surface area contributed by atoms with Gasteiger partial charge in [-0.2, -0.15) is 0 Å². The van der Waals surface area contributed by atoms with Crippen LogP contribution in [0.15, 0.2) is 11.6 Å². The second-order valence-corrected chi connectivity index (χ2v) is 3.82. The Hall–Kier alpha value is -0.870. The SMILES string of the molecule is CCC=C(C)C(=O)OCCCOCC1CO1. The quantitative estimate of drug-likeness (QED) is 0.274. The van der Waals surface area contributed by atoms with Crippen molar-refractivity contribution in [1.82, 2.24) is 0 Å². The molecule has 0 bridgehead atoms. The van der Waals surface area contributed by atoms with Crippen LogP contribution in [0.1, 0.15) is 26.7 Å². The Morgan fingerprint density at radius 2 is 2.25 bits per heavy atom. The van der Waals surface area contributed by atoms with Gasteiger partial charge in [0.05, 0.1) is 19.8 Å². The van der Waals surface area contributed by atoms with Gasteiger partial charge in [-0.15, -0.1) is 0 Å². The van der Waals surface area contributed by atoms with Crippen LogP contribution in [-0.2, 0) is 19.0 Å². The number of epoxide rings is 1. The zero-order valence-electron chi connectivity index (χ0n) is 10.0. The van der Waals surface area contributed by atoms with Crippen molar-refractivity contribution in [2.45, 2.75) is 32.8 Å². The lowest BCUT2D eigenvalue weighted by atomic mass is 10.2. The molecule has 92 valence electrons. The summed E-state index contributed by atoms with van der Waals surface area (Å²) in [7, 11) is 0. The molecule has 4 heteroatoms. The minimum Gasteiger partial charge on any atom is -0.462 e. The van der Waals surface area contributed by atoms with Gasteiger partial charge in [-0.05, 0) is 13.3 Å². The fourth-order valence-electron chi connectivity index (χ4n) is 1.21. The van der Waals surface area contributed by atoms with E-state index in [1.54, 1.807) is 6.92 Å². The van der Waals surface area contributed by atoms with Gasteiger partial charge in [0.15, 0.2) is 0 Å². The van der Waals surface area contributed by atoms with E-state index in [-0.39, 0.29) is 5.97 Å². The summed E-state index contributed by atoms with van der Waals surface area (Å²) in [5, 5.41) is 0. The second-order valence-electron chi connectivity index (χ2n) is 3.82. The standard InChI is InChI=1S/C12H20O4/c1-3-5-10(2)12(13)15-7-4-6-14-8-11-9-16-11/h5,11H,3-4,6-9H2,1-2H3. The van der Waals surface area contributed by atoms with Crippen LogP contribution in [0.25, 0.3) is 0 Å². The van der Waals surface area contributed by atoms with Crippen LogP contribution < -0.4 is 0 Å². The fourth-order valence-corrected chi connectivity index (χ4v) is 1.21. The molecular weight excluding hydrogens is 208 g/mol. The topological polar surface area (TPSA) is 48.1 Å². The Labute approximate surface area is 96.6 Å². The third-order valence-electron chi connectivity index (χ3n) is 2.20. The van der Waals surface area contributed by atoms with Crippen LogP contribution in [0.5, 0.6) is 0 Å². The maximum Gasteiger partial charge on any atom is 0.333 e. The normalized spacial score (nSPS) is 19.6. The molecule has 0 spiro atoms. The molecule has 0 N–H and O–H groups in total. The Kier molecular flexibility index (Phi) is 6.11. The summed E-state index contributed by atoms with van der Waals surface area (Å²) in [6, 6.07) is 0. The number of carbonyl (C=O) groups excluding carboxylic acids is 1. The van der Waals surface area contributed by atoms with Gasteiger partial charge in [-0.25, -0.2) is 4.79 Å². The molecule has 16 heavy (non-hydrogen) atoms. The first-order valence-electron chi connectivity index (χ1n) is 5.77. The molecule has 1 atom stereocenters. The zero-order chi connectivity index (χ0) is 11.8. The lowest BCUT2D eigenvalue weighted by molar-refractivity contribution is -0.139. The predicted octanol–water partition coefficient (Wildman–Crippen LogP) is 1.69. The number of hydrogen-bond acceptors (Lipinski definition) is 4. The highest BCUT2D eigenvalue weighted by Gasteiger charge is 2.21. The maximum absolute atomic E-state index is 11.3. The maximum atomic E-state index is 11.3. The minimum atomic E-state index is -0.229. The molecule has 0 aliphatic carbocycles. The molecule has 0 aromatic rings. The van der Waals surface area contributed by atoms with Crippen molar-refractivity contribution < 1.29 is 19.0 Å². The highest BCUT2D eigenvalue weighted by Crippen LogP contribution is 2.08. The molecule has 1 heterocycles. The van der Waals surface area contributed by atoms with Crippen molar-refractivity contribution in [2.75, 3.05) is 26.4 Å². The molecule has 0 amide bonds. The summed E-state index contributed by atoms with van der Waals surface area (Å²) in [4.78, 5) is 11.3. The van der Waals surface area contributed by atoms with Crippen molar-refractivity contribution in [3.8, 4) is 0 Å². The van der Waals surface area contributed by atoms with Gasteiger partial charge >= 0.3 is 5.97 Å². The summed E-state index contributed by atoms with van der Waals surface area (Å²) < 4.78 is 15.4. The third-order valence-corrected chi connectivity index (χ3v) is 2.20. The Bertz CT molecular complexity index is 243. The molecule has 0 aromatic carbocycles. The number of hydrogen-bond donors (Lipinski definition) is 0. The van der Waals surface area contributed by atoms with Gasteiger partial charge in [-0.1, -0.05) is 13.0 Å². The van der Waals surface area contributed by atoms with Gasteiger partial charge in [0.2, 0.25) is 0 Å². The molecule has 1 rings (SSSR count). The summed E-state index contributed by atoms with van der Waals surface area (Å²) in [5.74, 6) is -0.229. The minimum absolute atomic E-state index is 0.229. The number of ether oxygens (including phenoxy) is 3. The van der Waals surface area contributed by atoms with Crippen LogP contribution in [0.4, 0.5) is 0 Å². The number of carbonyl (C=O) groups is 1. The lowest BCUT2D eigenvalue weighted by Crippen LogP contribution is -2.10. The van der Waals surface area contributed by atoms with Crippen molar-refractivity contribution in [1.29, 1.82) is 0 Å². The van der Waals surface area contributed by atoms with Crippen molar-refractivity contribution >= 4 is 5.97 Å². The van der Waals surface area contributed by atoms with E-state index in [1.165, 1.54) is 0 Å². The van der Waals surface area contributed by atoms with Gasteiger partial charge < -0.3 is 14.2 Å². The molecule has 0 aromatic heterocycles. The van der Waals surface area contributed by atoms with Gasteiger partial charge in [-0.3, -0.25) is 0 Å². The van der Waals surface area contributed by atoms with Crippen LogP contribution in [0.3, 0.4) is 0 Å². The molecule has 0 saturated carbocycles. The average molecular weight is 228 g/mol. The molecule has 4 nitrogen and oxygen atoms in total. The molecule has 1 unspecified atom stereocenters. The summed E-state index contributed by atoms with van der Waals surface area (Å²) in [6.07, 6.45) is 3.75. The van der Waals surface area contributed by atoms with Gasteiger partial charge in [0.1, 0.15) is 6.10 Å². The predicted molar refractivity (Wildman–Crippen MR) is 60.2 cm³/mol. The monoisotopic (exact) mass is 228 g/mol. The van der Waals surface area contributed by atoms with Crippen molar-refractivity contribution in [3.05, 3.63) is 11.6 Å². The second kappa shape index (κ2) is 7.41. The zero-order valence-corrected chi connectivity index (χ0v) is 10.0. The first-order valence-corrected chi connectivity index (χ1v) is 5.77. The molecule has 1 saturated heterocycles. The number of esters is 1. The van der Waals surface area contributed by atoms with E-state index < -0.39 is 0 Å². The highest BCUT2D eigenvalue weighted by molar-refractivity contribution is 5.87. The van der Waals surface area contributed by atoms with E-state index in [1.807, 2.05) is 13.0 Å². The largest absolute Gasteiger partial charge is 0.462 e. The van der Waals surface area contributed by atoms with E-state index in [9.17, 15) is 4.79 Å². The number of rotatable bonds is 8. The smallest absolute Gasteiger partial charge is 0.333 e. The van der Waals surface area contributed by atoms with E-state index in [0.717, 1.165) is 19.4 Å². The average Bonchev–Trinajstić information content (AvgIpc) is 3.07. The summed E-state index contributed by atoms with van der Waals surface area (Å²) in [5.41, 5.74) is 0.676. The first kappa shape index (κ1) is 13.2. The van der Waals surface area contributed by atoms with E-state index in [0.29, 0.717) is 31.5 Å². The lowest BCUT2D eigenvalue weighted by Gasteiger charge is -2.05. The first-order chi connectivity index (χ1) is 7.74. The third kappa shape index (κ3) is 5.88. The highest BCUT2D eigenvalue weighted by atomic mass is 16.6. The van der Waals surface area contributed by atoms with Gasteiger partial charge in [0.25, 0.3) is 0 Å². The Morgan fingerprint density at radius 1 is 1.50 bits per heavy atom. The van der Waals surface area contributed by atoms with E-state index in [2.05, 4.69) is 0 Å². The van der Waals surface area contributed by atoms with Crippen molar-refractivity contribution in [2.24, 2.45) is 0 Å². The molecular formula is C12H20O4. The Balaban J connectivity index is 1.92.